The van der Waals surface area contributed by atoms with E-state index in [2.05, 4.69) is 0 Å². The third-order valence-electron chi connectivity index (χ3n) is 1.98. The van der Waals surface area contributed by atoms with Gasteiger partial charge < -0.3 is 15.9 Å². The molecule has 0 aliphatic rings. The Morgan fingerprint density at radius 1 is 1.36 bits per heavy atom. The molecular weight excluding hydrogens is 182 g/mol. The van der Waals surface area contributed by atoms with Gasteiger partial charge in [-0.15, -0.1) is 0 Å². The molecule has 1 rings (SSSR count). The Morgan fingerprint density at radius 3 is 2.43 bits per heavy atom. The normalized spacial score (nSPS) is 14.7. The Kier molecular flexibility index (Phi) is 3.62. The first-order chi connectivity index (χ1) is 6.61. The van der Waals surface area contributed by atoms with Gasteiger partial charge in [0.05, 0.1) is 18.6 Å². The van der Waals surface area contributed by atoms with Gasteiger partial charge in [-0.1, -0.05) is 30.3 Å². The fraction of sp³-hybridized carbons (Fsp3) is 0.300. The molecule has 4 N–H and O–H groups in total. The topological polar surface area (TPSA) is 83.5 Å². The maximum Gasteiger partial charge on any atom is 0.306 e. The summed E-state index contributed by atoms with van der Waals surface area (Å²) in [6.45, 7) is 0. The van der Waals surface area contributed by atoms with E-state index in [4.69, 9.17) is 10.8 Å². The minimum Gasteiger partial charge on any atom is -0.481 e. The lowest BCUT2D eigenvalue weighted by molar-refractivity contribution is -0.139. The third kappa shape index (κ3) is 2.83. The van der Waals surface area contributed by atoms with Crippen molar-refractivity contribution >= 4 is 5.97 Å². The molecule has 2 atom stereocenters. The molecule has 0 unspecified atom stereocenters. The largest absolute Gasteiger partial charge is 0.481 e. The minimum atomic E-state index is -1.05. The van der Waals surface area contributed by atoms with Gasteiger partial charge in [0.2, 0.25) is 0 Å². The number of benzene rings is 1. The molecule has 0 saturated carbocycles. The number of carbonyl (C=O) groups is 1. The number of aliphatic hydroxyl groups is 1. The van der Waals surface area contributed by atoms with Crippen LogP contribution in [-0.4, -0.2) is 22.3 Å². The summed E-state index contributed by atoms with van der Waals surface area (Å²) in [5, 5.41) is 17.9. The van der Waals surface area contributed by atoms with Crippen LogP contribution in [0.15, 0.2) is 30.3 Å². The maximum atomic E-state index is 10.3. The summed E-state index contributed by atoms with van der Waals surface area (Å²) in [7, 11) is 0. The van der Waals surface area contributed by atoms with Crippen molar-refractivity contribution in [3.63, 3.8) is 0 Å². The first-order valence-electron chi connectivity index (χ1n) is 4.31. The molecule has 4 nitrogen and oxygen atoms in total. The highest BCUT2D eigenvalue weighted by atomic mass is 16.4. The monoisotopic (exact) mass is 195 g/mol. The predicted octanol–water partition coefficient (Wildman–Crippen LogP) is 0.522. The molecule has 0 radical (unpaired) electrons. The van der Waals surface area contributed by atoms with Crippen molar-refractivity contribution < 1.29 is 15.0 Å². The van der Waals surface area contributed by atoms with E-state index in [1.54, 1.807) is 24.3 Å². The van der Waals surface area contributed by atoms with Gasteiger partial charge in [0.25, 0.3) is 0 Å². The lowest BCUT2D eigenvalue weighted by Crippen LogP contribution is -2.28. The molecule has 0 saturated heterocycles. The summed E-state index contributed by atoms with van der Waals surface area (Å²) in [5.74, 6) is -1.05. The Hall–Kier alpha value is -1.39. The summed E-state index contributed by atoms with van der Waals surface area (Å²) in [4.78, 5) is 10.3. The maximum absolute atomic E-state index is 10.3. The molecular formula is C10H13NO3. The number of carboxylic acids is 1. The molecule has 4 heteroatoms. The molecule has 0 bridgehead atoms. The van der Waals surface area contributed by atoms with E-state index < -0.39 is 18.1 Å². The average Bonchev–Trinajstić information content (AvgIpc) is 2.17. The van der Waals surface area contributed by atoms with Crippen LogP contribution in [0.3, 0.4) is 0 Å². The van der Waals surface area contributed by atoms with Crippen LogP contribution in [0.5, 0.6) is 0 Å². The Balaban J connectivity index is 2.65. The van der Waals surface area contributed by atoms with Crippen LogP contribution in [0.25, 0.3) is 0 Å². The van der Waals surface area contributed by atoms with Crippen LogP contribution < -0.4 is 5.73 Å². The van der Waals surface area contributed by atoms with E-state index in [1.165, 1.54) is 0 Å². The third-order valence-corrected chi connectivity index (χ3v) is 1.98. The lowest BCUT2D eigenvalue weighted by atomic mass is 10.0. The molecule has 0 aliphatic heterocycles. The van der Waals surface area contributed by atoms with Gasteiger partial charge in [-0.2, -0.15) is 0 Å². The zero-order chi connectivity index (χ0) is 10.6. The zero-order valence-electron chi connectivity index (χ0n) is 7.63. The van der Waals surface area contributed by atoms with Crippen molar-refractivity contribution in [1.29, 1.82) is 0 Å². The molecule has 14 heavy (non-hydrogen) atoms. The minimum absolute atomic E-state index is 0.337. The number of aliphatic hydroxyl groups excluding tert-OH is 1. The molecule has 0 fully saturated rings. The van der Waals surface area contributed by atoms with E-state index in [1.807, 2.05) is 6.07 Å². The van der Waals surface area contributed by atoms with Crippen LogP contribution >= 0.6 is 0 Å². The van der Waals surface area contributed by atoms with E-state index in [0.717, 1.165) is 5.56 Å². The Bertz CT molecular complexity index is 299. The zero-order valence-corrected chi connectivity index (χ0v) is 7.63. The molecule has 0 aliphatic carbocycles. The SMILES string of the molecule is N[C@@H](c1ccccc1)[C@@H](O)CC(=O)O. The quantitative estimate of drug-likeness (QED) is 0.654. The standard InChI is InChI=1S/C10H13NO3/c11-10(8(12)6-9(13)14)7-4-2-1-3-5-7/h1-5,8,10,12H,6,11H2,(H,13,14)/t8-,10-/m0/s1. The molecule has 0 heterocycles. The fourth-order valence-corrected chi connectivity index (χ4v) is 1.20. The van der Waals surface area contributed by atoms with Crippen molar-refractivity contribution in [2.24, 2.45) is 5.73 Å². The second-order valence-corrected chi connectivity index (χ2v) is 3.10. The second-order valence-electron chi connectivity index (χ2n) is 3.10. The van der Waals surface area contributed by atoms with Crippen LogP contribution in [0, 0.1) is 0 Å². The summed E-state index contributed by atoms with van der Waals surface area (Å²) in [5.41, 5.74) is 6.41. The summed E-state index contributed by atoms with van der Waals surface area (Å²) >= 11 is 0. The fourth-order valence-electron chi connectivity index (χ4n) is 1.20. The van der Waals surface area contributed by atoms with Gasteiger partial charge in [-0.05, 0) is 5.56 Å². The number of aliphatic carboxylic acids is 1. The van der Waals surface area contributed by atoms with Gasteiger partial charge >= 0.3 is 5.97 Å². The highest BCUT2D eigenvalue weighted by Crippen LogP contribution is 2.15. The number of hydrogen-bond donors (Lipinski definition) is 3. The summed E-state index contributed by atoms with van der Waals surface area (Å²) in [6, 6.07) is 8.30. The van der Waals surface area contributed by atoms with Crippen LogP contribution in [0.1, 0.15) is 18.0 Å². The molecule has 0 aromatic heterocycles. The number of rotatable bonds is 4. The second kappa shape index (κ2) is 4.74. The number of nitrogens with two attached hydrogens (primary N) is 1. The van der Waals surface area contributed by atoms with Crippen molar-refractivity contribution in [2.75, 3.05) is 0 Å². The molecule has 1 aromatic carbocycles. The first kappa shape index (κ1) is 10.7. The van der Waals surface area contributed by atoms with Crippen LogP contribution in [-0.2, 0) is 4.79 Å². The van der Waals surface area contributed by atoms with Crippen LogP contribution in [0.2, 0.25) is 0 Å². The lowest BCUT2D eigenvalue weighted by Gasteiger charge is -2.17. The Labute approximate surface area is 82.0 Å². The van der Waals surface area contributed by atoms with Gasteiger partial charge in [-0.25, -0.2) is 0 Å². The predicted molar refractivity (Wildman–Crippen MR) is 51.6 cm³/mol. The molecule has 0 spiro atoms. The van der Waals surface area contributed by atoms with E-state index in [9.17, 15) is 9.90 Å². The van der Waals surface area contributed by atoms with Gasteiger partial charge in [0.15, 0.2) is 0 Å². The van der Waals surface area contributed by atoms with Gasteiger partial charge in [-0.3, -0.25) is 4.79 Å². The van der Waals surface area contributed by atoms with Crippen molar-refractivity contribution in [1.82, 2.24) is 0 Å². The molecule has 76 valence electrons. The highest BCUT2D eigenvalue weighted by Gasteiger charge is 2.19. The van der Waals surface area contributed by atoms with E-state index in [0.29, 0.717) is 0 Å². The van der Waals surface area contributed by atoms with Crippen LogP contribution in [0.4, 0.5) is 0 Å². The number of hydrogen-bond acceptors (Lipinski definition) is 3. The van der Waals surface area contributed by atoms with Crippen molar-refractivity contribution in [3.05, 3.63) is 35.9 Å². The van der Waals surface area contributed by atoms with E-state index >= 15 is 0 Å². The summed E-state index contributed by atoms with van der Waals surface area (Å²) < 4.78 is 0. The van der Waals surface area contributed by atoms with Crippen molar-refractivity contribution in [3.8, 4) is 0 Å². The molecule has 0 amide bonds. The van der Waals surface area contributed by atoms with Gasteiger partial charge in [0, 0.05) is 0 Å². The van der Waals surface area contributed by atoms with Gasteiger partial charge in [0.1, 0.15) is 0 Å². The number of carboxylic acid groups (broad SMARTS) is 1. The highest BCUT2D eigenvalue weighted by molar-refractivity contribution is 5.67. The molecule has 1 aromatic rings. The smallest absolute Gasteiger partial charge is 0.306 e. The first-order valence-corrected chi connectivity index (χ1v) is 4.31. The average molecular weight is 195 g/mol. The van der Waals surface area contributed by atoms with Crippen molar-refractivity contribution in [2.45, 2.75) is 18.6 Å². The van der Waals surface area contributed by atoms with E-state index in [-0.39, 0.29) is 6.42 Å². The summed E-state index contributed by atoms with van der Waals surface area (Å²) in [6.07, 6.45) is -1.38. The Morgan fingerprint density at radius 2 is 1.93 bits per heavy atom.